The van der Waals surface area contributed by atoms with Gasteiger partial charge in [0.05, 0.1) is 0 Å². The summed E-state index contributed by atoms with van der Waals surface area (Å²) in [6, 6.07) is 5.79. The number of thiophene rings is 1. The standard InChI is InChI=1S/C15H24N2S/c1-12(15-5-3-9-18-15)17(10-13-6-7-13)11-14-4-2-8-16-14/h3,5,9,12-14,16H,2,4,6-8,10-11H2,1H3. The van der Waals surface area contributed by atoms with Crippen LogP contribution in [0.4, 0.5) is 0 Å². The fraction of sp³-hybridized carbons (Fsp3) is 0.733. The van der Waals surface area contributed by atoms with Gasteiger partial charge in [-0.05, 0) is 56.5 Å². The van der Waals surface area contributed by atoms with Crippen LogP contribution < -0.4 is 5.32 Å². The molecular formula is C15H24N2S. The second kappa shape index (κ2) is 5.72. The summed E-state index contributed by atoms with van der Waals surface area (Å²) in [5.74, 6) is 0.980. The topological polar surface area (TPSA) is 15.3 Å². The minimum atomic E-state index is 0.591. The highest BCUT2D eigenvalue weighted by molar-refractivity contribution is 7.10. The molecule has 1 aromatic rings. The summed E-state index contributed by atoms with van der Waals surface area (Å²) in [4.78, 5) is 4.24. The van der Waals surface area contributed by atoms with Crippen LogP contribution in [0.5, 0.6) is 0 Å². The van der Waals surface area contributed by atoms with Crippen LogP contribution in [0.2, 0.25) is 0 Å². The van der Waals surface area contributed by atoms with E-state index < -0.39 is 0 Å². The Balaban J connectivity index is 1.63. The van der Waals surface area contributed by atoms with Crippen molar-refractivity contribution in [3.63, 3.8) is 0 Å². The molecular weight excluding hydrogens is 240 g/mol. The van der Waals surface area contributed by atoms with Crippen molar-refractivity contribution in [1.82, 2.24) is 10.2 Å². The molecule has 1 aliphatic carbocycles. The number of hydrogen-bond acceptors (Lipinski definition) is 3. The van der Waals surface area contributed by atoms with E-state index in [2.05, 4.69) is 34.7 Å². The third kappa shape index (κ3) is 3.14. The average molecular weight is 264 g/mol. The predicted octanol–water partition coefficient (Wildman–Crippen LogP) is 3.27. The zero-order valence-electron chi connectivity index (χ0n) is 11.3. The van der Waals surface area contributed by atoms with Crippen molar-refractivity contribution >= 4 is 11.3 Å². The first-order valence-electron chi connectivity index (χ1n) is 7.34. The molecule has 2 heterocycles. The van der Waals surface area contributed by atoms with Gasteiger partial charge in [0, 0.05) is 30.1 Å². The molecule has 3 rings (SSSR count). The third-order valence-electron chi connectivity index (χ3n) is 4.31. The van der Waals surface area contributed by atoms with Crippen LogP contribution in [0.25, 0.3) is 0 Å². The highest BCUT2D eigenvalue weighted by Gasteiger charge is 2.29. The van der Waals surface area contributed by atoms with E-state index in [0.717, 1.165) is 12.0 Å². The Labute approximate surface area is 114 Å². The van der Waals surface area contributed by atoms with Crippen molar-refractivity contribution < 1.29 is 0 Å². The highest BCUT2D eigenvalue weighted by atomic mass is 32.1. The molecule has 0 bridgehead atoms. The first kappa shape index (κ1) is 12.6. The summed E-state index contributed by atoms with van der Waals surface area (Å²) < 4.78 is 0. The minimum absolute atomic E-state index is 0.591. The van der Waals surface area contributed by atoms with E-state index in [1.807, 2.05) is 11.3 Å². The maximum Gasteiger partial charge on any atom is 0.0414 e. The maximum atomic E-state index is 3.64. The number of hydrogen-bond donors (Lipinski definition) is 1. The van der Waals surface area contributed by atoms with Crippen LogP contribution in [-0.4, -0.2) is 30.6 Å². The Bertz CT molecular complexity index is 353. The molecule has 100 valence electrons. The summed E-state index contributed by atoms with van der Waals surface area (Å²) in [6.07, 6.45) is 5.62. The summed E-state index contributed by atoms with van der Waals surface area (Å²) in [6.45, 7) is 6.13. The van der Waals surface area contributed by atoms with Crippen LogP contribution in [0, 0.1) is 5.92 Å². The third-order valence-corrected chi connectivity index (χ3v) is 5.35. The molecule has 2 aliphatic rings. The van der Waals surface area contributed by atoms with Gasteiger partial charge < -0.3 is 5.32 Å². The fourth-order valence-electron chi connectivity index (χ4n) is 2.93. The summed E-state index contributed by atoms with van der Waals surface area (Å²) >= 11 is 1.90. The van der Waals surface area contributed by atoms with Gasteiger partial charge in [0.25, 0.3) is 0 Å². The quantitative estimate of drug-likeness (QED) is 0.848. The van der Waals surface area contributed by atoms with Gasteiger partial charge in [-0.2, -0.15) is 0 Å². The van der Waals surface area contributed by atoms with Gasteiger partial charge in [0.15, 0.2) is 0 Å². The largest absolute Gasteiger partial charge is 0.313 e. The van der Waals surface area contributed by atoms with Crippen molar-refractivity contribution in [2.24, 2.45) is 5.92 Å². The van der Waals surface area contributed by atoms with Gasteiger partial charge in [-0.3, -0.25) is 4.90 Å². The molecule has 2 unspecified atom stereocenters. The van der Waals surface area contributed by atoms with Gasteiger partial charge in [-0.15, -0.1) is 11.3 Å². The van der Waals surface area contributed by atoms with Gasteiger partial charge in [-0.25, -0.2) is 0 Å². The highest BCUT2D eigenvalue weighted by Crippen LogP contribution is 2.34. The molecule has 1 aliphatic heterocycles. The number of nitrogens with zero attached hydrogens (tertiary/aromatic N) is 1. The summed E-state index contributed by atoms with van der Waals surface area (Å²) in [5.41, 5.74) is 0. The SMILES string of the molecule is CC(c1cccs1)N(CC1CC1)CC1CCCN1. The maximum absolute atomic E-state index is 3.64. The molecule has 1 N–H and O–H groups in total. The summed E-state index contributed by atoms with van der Waals surface area (Å²) in [5, 5.41) is 5.85. The summed E-state index contributed by atoms with van der Waals surface area (Å²) in [7, 11) is 0. The molecule has 0 spiro atoms. The monoisotopic (exact) mass is 264 g/mol. The van der Waals surface area contributed by atoms with Gasteiger partial charge in [0.1, 0.15) is 0 Å². The number of nitrogens with one attached hydrogen (secondary N) is 1. The Morgan fingerprint density at radius 1 is 1.39 bits per heavy atom. The first-order chi connectivity index (χ1) is 8.83. The van der Waals surface area contributed by atoms with Crippen molar-refractivity contribution in [1.29, 1.82) is 0 Å². The van der Waals surface area contributed by atoms with E-state index in [1.54, 1.807) is 0 Å². The second-order valence-electron chi connectivity index (χ2n) is 5.88. The molecule has 2 nitrogen and oxygen atoms in total. The van der Waals surface area contributed by atoms with Crippen LogP contribution >= 0.6 is 11.3 Å². The first-order valence-corrected chi connectivity index (χ1v) is 8.21. The average Bonchev–Trinajstić information content (AvgIpc) is 2.88. The van der Waals surface area contributed by atoms with Crippen LogP contribution in [0.15, 0.2) is 17.5 Å². The lowest BCUT2D eigenvalue weighted by Crippen LogP contribution is -2.39. The molecule has 1 saturated heterocycles. The van der Waals surface area contributed by atoms with E-state index in [-0.39, 0.29) is 0 Å². The van der Waals surface area contributed by atoms with Crippen LogP contribution in [0.3, 0.4) is 0 Å². The van der Waals surface area contributed by atoms with Crippen molar-refractivity contribution in [3.05, 3.63) is 22.4 Å². The fourth-order valence-corrected chi connectivity index (χ4v) is 3.74. The molecule has 18 heavy (non-hydrogen) atoms. The minimum Gasteiger partial charge on any atom is -0.313 e. The lowest BCUT2D eigenvalue weighted by Gasteiger charge is -2.31. The molecule has 0 amide bonds. The number of rotatable bonds is 6. The molecule has 3 heteroatoms. The molecule has 2 atom stereocenters. The van der Waals surface area contributed by atoms with Crippen LogP contribution in [-0.2, 0) is 0 Å². The molecule has 1 aromatic heterocycles. The Hall–Kier alpha value is -0.380. The molecule has 0 radical (unpaired) electrons. The zero-order chi connectivity index (χ0) is 12.4. The smallest absolute Gasteiger partial charge is 0.0414 e. The predicted molar refractivity (Wildman–Crippen MR) is 78.1 cm³/mol. The Kier molecular flexibility index (Phi) is 4.02. The van der Waals surface area contributed by atoms with E-state index in [0.29, 0.717) is 6.04 Å². The Morgan fingerprint density at radius 2 is 2.28 bits per heavy atom. The molecule has 0 aromatic carbocycles. The second-order valence-corrected chi connectivity index (χ2v) is 6.86. The van der Waals surface area contributed by atoms with E-state index in [1.165, 1.54) is 50.2 Å². The Morgan fingerprint density at radius 3 is 2.89 bits per heavy atom. The van der Waals surface area contributed by atoms with Gasteiger partial charge in [0.2, 0.25) is 0 Å². The lowest BCUT2D eigenvalue weighted by molar-refractivity contribution is 0.186. The zero-order valence-corrected chi connectivity index (χ0v) is 12.1. The van der Waals surface area contributed by atoms with Crippen LogP contribution in [0.1, 0.15) is 43.5 Å². The van der Waals surface area contributed by atoms with Crippen molar-refractivity contribution in [2.45, 2.75) is 44.7 Å². The van der Waals surface area contributed by atoms with Gasteiger partial charge in [-0.1, -0.05) is 6.07 Å². The van der Waals surface area contributed by atoms with Gasteiger partial charge >= 0.3 is 0 Å². The van der Waals surface area contributed by atoms with E-state index >= 15 is 0 Å². The van der Waals surface area contributed by atoms with E-state index in [9.17, 15) is 0 Å². The normalized spacial score (nSPS) is 25.8. The van der Waals surface area contributed by atoms with Crippen molar-refractivity contribution in [3.8, 4) is 0 Å². The lowest BCUT2D eigenvalue weighted by atomic mass is 10.1. The van der Waals surface area contributed by atoms with Crippen molar-refractivity contribution in [2.75, 3.05) is 19.6 Å². The molecule has 1 saturated carbocycles. The van der Waals surface area contributed by atoms with E-state index in [4.69, 9.17) is 0 Å². The molecule has 2 fully saturated rings.